The molecule has 0 bridgehead atoms. The highest BCUT2D eigenvalue weighted by molar-refractivity contribution is 6.44. The van der Waals surface area contributed by atoms with Gasteiger partial charge in [0.1, 0.15) is 0 Å². The Morgan fingerprint density at radius 2 is 1.50 bits per heavy atom. The number of hydrogen-bond acceptors (Lipinski definition) is 5. The highest BCUT2D eigenvalue weighted by atomic mass is 16.3. The molecule has 3 N–H and O–H groups in total. The summed E-state index contributed by atoms with van der Waals surface area (Å²) >= 11 is 0. The van der Waals surface area contributed by atoms with E-state index in [0.717, 1.165) is 12.1 Å². The summed E-state index contributed by atoms with van der Waals surface area (Å²) in [5, 5.41) is 28.1. The quantitative estimate of drug-likeness (QED) is 0.448. The molecule has 0 saturated heterocycles. The molecule has 5 heteroatoms. The highest BCUT2D eigenvalue weighted by Gasteiger charge is 2.22. The molecule has 0 saturated carbocycles. The van der Waals surface area contributed by atoms with Crippen LogP contribution in [0.5, 0.6) is 17.2 Å². The summed E-state index contributed by atoms with van der Waals surface area (Å²) in [6.07, 6.45) is -0.0965. The second-order valence-electron chi connectivity index (χ2n) is 4.24. The summed E-state index contributed by atoms with van der Waals surface area (Å²) in [6.45, 7) is 0. The molecule has 0 unspecified atom stereocenters. The van der Waals surface area contributed by atoms with Crippen LogP contribution in [0.3, 0.4) is 0 Å². The van der Waals surface area contributed by atoms with Crippen molar-refractivity contribution in [2.75, 3.05) is 0 Å². The van der Waals surface area contributed by atoms with Crippen LogP contribution in [0.25, 0.3) is 0 Å². The molecule has 0 aliphatic rings. The minimum atomic E-state index is -0.915. The standard InChI is InChI=1S/C15H12O5/c16-11-7-6-10(14(19)15(11)20)13(18)12(17)8-9-4-2-1-3-5-9/h1-7,16,19-20H,8H2. The number of phenols is 3. The van der Waals surface area contributed by atoms with E-state index in [2.05, 4.69) is 0 Å². The van der Waals surface area contributed by atoms with Crippen molar-refractivity contribution in [2.24, 2.45) is 0 Å². The number of carbonyl (C=O) groups is 2. The van der Waals surface area contributed by atoms with Gasteiger partial charge in [0.2, 0.25) is 17.3 Å². The molecule has 0 heterocycles. The summed E-state index contributed by atoms with van der Waals surface area (Å²) in [7, 11) is 0. The summed E-state index contributed by atoms with van der Waals surface area (Å²) in [4.78, 5) is 23.8. The van der Waals surface area contributed by atoms with Crippen LogP contribution < -0.4 is 0 Å². The van der Waals surface area contributed by atoms with Crippen LogP contribution in [0.4, 0.5) is 0 Å². The van der Waals surface area contributed by atoms with Gasteiger partial charge in [-0.3, -0.25) is 9.59 Å². The fraction of sp³-hybridized carbons (Fsp3) is 0.0667. The molecular weight excluding hydrogens is 260 g/mol. The first kappa shape index (κ1) is 13.6. The fourth-order valence-electron chi connectivity index (χ4n) is 1.76. The maximum atomic E-state index is 11.9. The Balaban J connectivity index is 2.24. The number of hydrogen-bond donors (Lipinski definition) is 3. The third kappa shape index (κ3) is 2.61. The Bertz CT molecular complexity index is 661. The minimum absolute atomic E-state index is 0.0965. The molecule has 0 amide bonds. The van der Waals surface area contributed by atoms with Crippen molar-refractivity contribution >= 4 is 11.6 Å². The van der Waals surface area contributed by atoms with Gasteiger partial charge in [0.15, 0.2) is 11.5 Å². The molecule has 2 aromatic rings. The lowest BCUT2D eigenvalue weighted by molar-refractivity contribution is -0.114. The fourth-order valence-corrected chi connectivity index (χ4v) is 1.76. The van der Waals surface area contributed by atoms with E-state index in [1.165, 1.54) is 0 Å². The zero-order chi connectivity index (χ0) is 14.7. The van der Waals surface area contributed by atoms with Crippen molar-refractivity contribution in [1.29, 1.82) is 0 Å². The van der Waals surface area contributed by atoms with Gasteiger partial charge in [-0.1, -0.05) is 30.3 Å². The smallest absolute Gasteiger partial charge is 0.232 e. The topological polar surface area (TPSA) is 94.8 Å². The van der Waals surface area contributed by atoms with E-state index in [0.29, 0.717) is 5.56 Å². The Labute approximate surface area is 114 Å². The molecule has 0 aliphatic heterocycles. The number of carbonyl (C=O) groups excluding carboxylic acids is 2. The number of benzene rings is 2. The zero-order valence-corrected chi connectivity index (χ0v) is 10.4. The maximum Gasteiger partial charge on any atom is 0.232 e. The molecular formula is C15H12O5. The van der Waals surface area contributed by atoms with Crippen LogP contribution in [0.15, 0.2) is 42.5 Å². The van der Waals surface area contributed by atoms with Gasteiger partial charge in [-0.05, 0) is 17.7 Å². The largest absolute Gasteiger partial charge is 0.504 e. The number of aromatic hydroxyl groups is 3. The molecule has 20 heavy (non-hydrogen) atoms. The lowest BCUT2D eigenvalue weighted by Gasteiger charge is -2.06. The van der Waals surface area contributed by atoms with Gasteiger partial charge < -0.3 is 15.3 Å². The van der Waals surface area contributed by atoms with Crippen molar-refractivity contribution < 1.29 is 24.9 Å². The van der Waals surface area contributed by atoms with Gasteiger partial charge in [-0.15, -0.1) is 0 Å². The van der Waals surface area contributed by atoms with E-state index in [4.69, 9.17) is 0 Å². The van der Waals surface area contributed by atoms with Crippen LogP contribution in [0, 0.1) is 0 Å². The Morgan fingerprint density at radius 1 is 0.850 bits per heavy atom. The first-order valence-corrected chi connectivity index (χ1v) is 5.86. The number of phenolic OH excluding ortho intramolecular Hbond substituents is 3. The molecule has 0 aliphatic carbocycles. The van der Waals surface area contributed by atoms with Crippen LogP contribution >= 0.6 is 0 Å². The SMILES string of the molecule is O=C(Cc1ccccc1)C(=O)c1ccc(O)c(O)c1O. The molecule has 0 aromatic heterocycles. The zero-order valence-electron chi connectivity index (χ0n) is 10.4. The molecule has 5 nitrogen and oxygen atoms in total. The lowest BCUT2D eigenvalue weighted by atomic mass is 10.0. The van der Waals surface area contributed by atoms with Crippen LogP contribution in [0.2, 0.25) is 0 Å². The van der Waals surface area contributed by atoms with Crippen molar-refractivity contribution in [3.05, 3.63) is 53.6 Å². The van der Waals surface area contributed by atoms with Crippen LogP contribution in [0.1, 0.15) is 15.9 Å². The average Bonchev–Trinajstić information content (AvgIpc) is 2.45. The van der Waals surface area contributed by atoms with Gasteiger partial charge in [-0.25, -0.2) is 0 Å². The van der Waals surface area contributed by atoms with E-state index in [1.807, 2.05) is 0 Å². The predicted molar refractivity (Wildman–Crippen MR) is 70.9 cm³/mol. The predicted octanol–water partition coefficient (Wildman–Crippen LogP) is 1.80. The van der Waals surface area contributed by atoms with E-state index in [9.17, 15) is 24.9 Å². The second kappa shape index (κ2) is 5.44. The van der Waals surface area contributed by atoms with Crippen molar-refractivity contribution in [3.8, 4) is 17.2 Å². The summed E-state index contributed by atoms with van der Waals surface area (Å²) in [5.41, 5.74) is 0.342. The Hall–Kier alpha value is -2.82. The number of Topliss-reactive ketones (excluding diaryl/α,β-unsaturated/α-hetero) is 2. The van der Waals surface area contributed by atoms with Crippen molar-refractivity contribution in [3.63, 3.8) is 0 Å². The van der Waals surface area contributed by atoms with E-state index in [-0.39, 0.29) is 12.0 Å². The first-order valence-electron chi connectivity index (χ1n) is 5.86. The molecule has 2 rings (SSSR count). The van der Waals surface area contributed by atoms with Gasteiger partial charge in [0.25, 0.3) is 0 Å². The van der Waals surface area contributed by atoms with E-state index >= 15 is 0 Å². The summed E-state index contributed by atoms with van der Waals surface area (Å²) < 4.78 is 0. The van der Waals surface area contributed by atoms with Gasteiger partial charge in [0, 0.05) is 6.42 Å². The molecule has 0 atom stereocenters. The normalized spacial score (nSPS) is 10.2. The van der Waals surface area contributed by atoms with Crippen LogP contribution in [-0.4, -0.2) is 26.9 Å². The molecule has 102 valence electrons. The van der Waals surface area contributed by atoms with Gasteiger partial charge in [0.05, 0.1) is 5.56 Å². The van der Waals surface area contributed by atoms with Crippen molar-refractivity contribution in [1.82, 2.24) is 0 Å². The molecule has 0 fully saturated rings. The average molecular weight is 272 g/mol. The van der Waals surface area contributed by atoms with E-state index in [1.54, 1.807) is 30.3 Å². The summed E-state index contributed by atoms with van der Waals surface area (Å²) in [6, 6.07) is 10.8. The Kier molecular flexibility index (Phi) is 3.70. The highest BCUT2D eigenvalue weighted by Crippen LogP contribution is 2.37. The second-order valence-corrected chi connectivity index (χ2v) is 4.24. The van der Waals surface area contributed by atoms with Gasteiger partial charge >= 0.3 is 0 Å². The van der Waals surface area contributed by atoms with Gasteiger partial charge in [-0.2, -0.15) is 0 Å². The molecule has 2 aromatic carbocycles. The van der Waals surface area contributed by atoms with Crippen molar-refractivity contribution in [2.45, 2.75) is 6.42 Å². The number of rotatable bonds is 4. The number of ketones is 2. The molecule has 0 radical (unpaired) electrons. The Morgan fingerprint density at radius 3 is 2.15 bits per heavy atom. The first-order chi connectivity index (χ1) is 9.50. The third-order valence-electron chi connectivity index (χ3n) is 2.84. The monoisotopic (exact) mass is 272 g/mol. The van der Waals surface area contributed by atoms with E-state index < -0.39 is 28.8 Å². The summed E-state index contributed by atoms with van der Waals surface area (Å²) in [5.74, 6) is -3.80. The molecule has 0 spiro atoms. The third-order valence-corrected chi connectivity index (χ3v) is 2.84. The van der Waals surface area contributed by atoms with Crippen LogP contribution in [-0.2, 0) is 11.2 Å². The minimum Gasteiger partial charge on any atom is -0.504 e. The maximum absolute atomic E-state index is 11.9. The lowest BCUT2D eigenvalue weighted by Crippen LogP contribution is -2.16.